The zero-order valence-electron chi connectivity index (χ0n) is 11.9. The van der Waals surface area contributed by atoms with Gasteiger partial charge in [0.25, 0.3) is 0 Å². The van der Waals surface area contributed by atoms with Gasteiger partial charge in [-0.1, -0.05) is 6.92 Å². The topological polar surface area (TPSA) is 28.2 Å². The summed E-state index contributed by atoms with van der Waals surface area (Å²) in [5, 5.41) is 3.43. The van der Waals surface area contributed by atoms with E-state index in [1.807, 2.05) is 0 Å². The van der Waals surface area contributed by atoms with Crippen LogP contribution in [0.1, 0.15) is 37.9 Å². The minimum atomic E-state index is -0.273. The second kappa shape index (κ2) is 6.96. The molecule has 1 aromatic rings. The molecule has 1 aliphatic carbocycles. The maximum absolute atomic E-state index is 12.9. The molecule has 0 bridgehead atoms. The van der Waals surface area contributed by atoms with Crippen molar-refractivity contribution >= 4 is 0 Å². The molecule has 0 saturated heterocycles. The molecular formula is C15H24FN3. The Morgan fingerprint density at radius 2 is 2.26 bits per heavy atom. The van der Waals surface area contributed by atoms with Gasteiger partial charge in [-0.3, -0.25) is 4.98 Å². The quantitative estimate of drug-likeness (QED) is 0.783. The van der Waals surface area contributed by atoms with Gasteiger partial charge in [0.05, 0.1) is 17.9 Å². The highest BCUT2D eigenvalue weighted by molar-refractivity contribution is 5.10. The third kappa shape index (κ3) is 4.88. The Hall–Kier alpha value is -1.00. The van der Waals surface area contributed by atoms with E-state index in [9.17, 15) is 4.39 Å². The average molecular weight is 265 g/mol. The number of pyridine rings is 1. The molecule has 1 unspecified atom stereocenters. The molecule has 1 saturated carbocycles. The van der Waals surface area contributed by atoms with E-state index < -0.39 is 0 Å². The van der Waals surface area contributed by atoms with Crippen LogP contribution in [0.15, 0.2) is 18.3 Å². The molecule has 1 N–H and O–H groups in total. The Labute approximate surface area is 115 Å². The first-order valence-corrected chi connectivity index (χ1v) is 7.22. The lowest BCUT2D eigenvalue weighted by Crippen LogP contribution is -2.29. The van der Waals surface area contributed by atoms with Gasteiger partial charge >= 0.3 is 0 Å². The fourth-order valence-electron chi connectivity index (χ4n) is 2.38. The fourth-order valence-corrected chi connectivity index (χ4v) is 2.38. The highest BCUT2D eigenvalue weighted by atomic mass is 19.1. The Bertz CT molecular complexity index is 375. The molecule has 1 aromatic heterocycles. The van der Waals surface area contributed by atoms with Gasteiger partial charge in [0.2, 0.25) is 0 Å². The summed E-state index contributed by atoms with van der Waals surface area (Å²) in [6.45, 7) is 5.24. The first-order chi connectivity index (χ1) is 9.19. The molecule has 1 atom stereocenters. The number of hydrogen-bond donors (Lipinski definition) is 1. The standard InChI is InChI=1S/C15H24FN3/c1-3-17-15(14-7-6-13(16)10-18-14)8-9-19(2)11-12-4-5-12/h6-7,10,12,15,17H,3-5,8-9,11H2,1-2H3. The van der Waals surface area contributed by atoms with Crippen LogP contribution in [-0.2, 0) is 0 Å². The van der Waals surface area contributed by atoms with Crippen molar-refractivity contribution < 1.29 is 4.39 Å². The molecule has 2 rings (SSSR count). The summed E-state index contributed by atoms with van der Waals surface area (Å²) in [4.78, 5) is 6.59. The summed E-state index contributed by atoms with van der Waals surface area (Å²) < 4.78 is 12.9. The normalized spacial score (nSPS) is 16.8. The highest BCUT2D eigenvalue weighted by Crippen LogP contribution is 2.29. The van der Waals surface area contributed by atoms with Gasteiger partial charge in [-0.15, -0.1) is 0 Å². The van der Waals surface area contributed by atoms with Crippen molar-refractivity contribution in [3.05, 3.63) is 29.8 Å². The average Bonchev–Trinajstić information content (AvgIpc) is 3.19. The van der Waals surface area contributed by atoms with Crippen LogP contribution >= 0.6 is 0 Å². The summed E-state index contributed by atoms with van der Waals surface area (Å²) in [6.07, 6.45) is 5.09. The molecule has 0 aromatic carbocycles. The van der Waals surface area contributed by atoms with E-state index in [0.717, 1.165) is 31.1 Å². The van der Waals surface area contributed by atoms with E-state index in [1.165, 1.54) is 31.6 Å². The van der Waals surface area contributed by atoms with Crippen molar-refractivity contribution in [2.45, 2.75) is 32.2 Å². The smallest absolute Gasteiger partial charge is 0.141 e. The minimum Gasteiger partial charge on any atom is -0.309 e. The van der Waals surface area contributed by atoms with Gasteiger partial charge in [0, 0.05) is 6.54 Å². The van der Waals surface area contributed by atoms with E-state index in [0.29, 0.717) is 0 Å². The minimum absolute atomic E-state index is 0.215. The maximum Gasteiger partial charge on any atom is 0.141 e. The molecule has 4 heteroatoms. The Balaban J connectivity index is 1.85. The van der Waals surface area contributed by atoms with Crippen LogP contribution < -0.4 is 5.32 Å². The lowest BCUT2D eigenvalue weighted by atomic mass is 10.1. The van der Waals surface area contributed by atoms with Gasteiger partial charge in [-0.25, -0.2) is 4.39 Å². The Morgan fingerprint density at radius 1 is 1.47 bits per heavy atom. The van der Waals surface area contributed by atoms with Crippen LogP contribution in [0.3, 0.4) is 0 Å². The fraction of sp³-hybridized carbons (Fsp3) is 0.667. The molecule has 1 fully saturated rings. The molecule has 3 nitrogen and oxygen atoms in total. The third-order valence-electron chi connectivity index (χ3n) is 3.62. The second-order valence-electron chi connectivity index (χ2n) is 5.51. The van der Waals surface area contributed by atoms with Crippen LogP contribution in [0.2, 0.25) is 0 Å². The van der Waals surface area contributed by atoms with Gasteiger partial charge in [0.15, 0.2) is 0 Å². The lowest BCUT2D eigenvalue weighted by Gasteiger charge is -2.22. The predicted octanol–water partition coefficient (Wildman–Crippen LogP) is 2.60. The van der Waals surface area contributed by atoms with Crippen molar-refractivity contribution in [3.8, 4) is 0 Å². The molecule has 19 heavy (non-hydrogen) atoms. The molecule has 0 radical (unpaired) electrons. The van der Waals surface area contributed by atoms with E-state index in [-0.39, 0.29) is 11.9 Å². The van der Waals surface area contributed by atoms with E-state index >= 15 is 0 Å². The van der Waals surface area contributed by atoms with Gasteiger partial charge in [-0.05, 0) is 57.5 Å². The van der Waals surface area contributed by atoms with Crippen molar-refractivity contribution in [3.63, 3.8) is 0 Å². The third-order valence-corrected chi connectivity index (χ3v) is 3.62. The van der Waals surface area contributed by atoms with Crippen molar-refractivity contribution in [1.82, 2.24) is 15.2 Å². The van der Waals surface area contributed by atoms with Crippen LogP contribution in [0, 0.1) is 11.7 Å². The summed E-state index contributed by atoms with van der Waals surface area (Å²) in [5.74, 6) is 0.649. The van der Waals surface area contributed by atoms with E-state index in [4.69, 9.17) is 0 Å². The first kappa shape index (κ1) is 14.4. The zero-order chi connectivity index (χ0) is 13.7. The molecule has 106 valence electrons. The number of nitrogens with zero attached hydrogens (tertiary/aromatic N) is 2. The molecule has 0 spiro atoms. The molecular weight excluding hydrogens is 241 g/mol. The largest absolute Gasteiger partial charge is 0.309 e. The van der Waals surface area contributed by atoms with Crippen LogP contribution in [0.4, 0.5) is 4.39 Å². The lowest BCUT2D eigenvalue weighted by molar-refractivity contribution is 0.296. The zero-order valence-corrected chi connectivity index (χ0v) is 11.9. The van der Waals surface area contributed by atoms with Gasteiger partial charge in [-0.2, -0.15) is 0 Å². The van der Waals surface area contributed by atoms with Gasteiger partial charge < -0.3 is 10.2 Å². The SMILES string of the molecule is CCNC(CCN(C)CC1CC1)c1ccc(F)cn1. The number of rotatable bonds is 8. The van der Waals surface area contributed by atoms with Crippen molar-refractivity contribution in [2.75, 3.05) is 26.7 Å². The predicted molar refractivity (Wildman–Crippen MR) is 75.5 cm³/mol. The van der Waals surface area contributed by atoms with Crippen LogP contribution in [0.5, 0.6) is 0 Å². The highest BCUT2D eigenvalue weighted by Gasteiger charge is 2.23. The summed E-state index contributed by atoms with van der Waals surface area (Å²) >= 11 is 0. The Kier molecular flexibility index (Phi) is 5.28. The Morgan fingerprint density at radius 3 is 2.84 bits per heavy atom. The molecule has 0 aliphatic heterocycles. The number of nitrogens with one attached hydrogen (secondary N) is 1. The van der Waals surface area contributed by atoms with Crippen molar-refractivity contribution in [1.29, 1.82) is 0 Å². The van der Waals surface area contributed by atoms with Crippen LogP contribution in [-0.4, -0.2) is 36.6 Å². The number of halogens is 1. The van der Waals surface area contributed by atoms with Crippen molar-refractivity contribution in [2.24, 2.45) is 5.92 Å². The summed E-state index contributed by atoms with van der Waals surface area (Å²) in [7, 11) is 2.18. The summed E-state index contributed by atoms with van der Waals surface area (Å²) in [6, 6.07) is 3.48. The molecule has 0 amide bonds. The van der Waals surface area contributed by atoms with E-state index in [1.54, 1.807) is 6.07 Å². The first-order valence-electron chi connectivity index (χ1n) is 7.22. The number of aromatic nitrogens is 1. The van der Waals surface area contributed by atoms with E-state index in [2.05, 4.69) is 29.2 Å². The van der Waals surface area contributed by atoms with Crippen LogP contribution in [0.25, 0.3) is 0 Å². The maximum atomic E-state index is 12.9. The molecule has 1 heterocycles. The summed E-state index contributed by atoms with van der Waals surface area (Å²) in [5.41, 5.74) is 0.933. The second-order valence-corrected chi connectivity index (χ2v) is 5.51. The molecule has 1 aliphatic rings. The number of hydrogen-bond acceptors (Lipinski definition) is 3. The van der Waals surface area contributed by atoms with Gasteiger partial charge in [0.1, 0.15) is 5.82 Å². The monoisotopic (exact) mass is 265 g/mol.